The summed E-state index contributed by atoms with van der Waals surface area (Å²) in [4.78, 5) is -0.735. The molecule has 4 nitrogen and oxygen atoms in total. The van der Waals surface area contributed by atoms with E-state index in [9.17, 15) is 17.2 Å². The molecule has 0 saturated carbocycles. The largest absolute Gasteiger partial charge is 0.396 e. The summed E-state index contributed by atoms with van der Waals surface area (Å²) < 4.78 is 53.3. The van der Waals surface area contributed by atoms with Gasteiger partial charge < -0.3 is 5.73 Å². The fourth-order valence-corrected chi connectivity index (χ4v) is 3.04. The molecule has 0 atom stereocenters. The molecule has 0 aliphatic rings. The zero-order valence-corrected chi connectivity index (χ0v) is 12.4. The lowest BCUT2D eigenvalue weighted by Crippen LogP contribution is -2.16. The van der Waals surface area contributed by atoms with Crippen LogP contribution in [0.25, 0.3) is 0 Å². The smallest absolute Gasteiger partial charge is 0.264 e. The van der Waals surface area contributed by atoms with Crippen LogP contribution in [0.2, 0.25) is 5.02 Å². The second kappa shape index (κ2) is 5.50. The van der Waals surface area contributed by atoms with Gasteiger partial charge in [0, 0.05) is 11.1 Å². The number of aryl methyl sites for hydroxylation is 1. The molecule has 0 bridgehead atoms. The highest BCUT2D eigenvalue weighted by Gasteiger charge is 2.22. The van der Waals surface area contributed by atoms with Crippen LogP contribution < -0.4 is 10.5 Å². The molecule has 0 spiro atoms. The van der Waals surface area contributed by atoms with Gasteiger partial charge >= 0.3 is 0 Å². The van der Waals surface area contributed by atoms with Crippen molar-refractivity contribution in [3.05, 3.63) is 52.6 Å². The molecule has 112 valence electrons. The summed E-state index contributed by atoms with van der Waals surface area (Å²) in [6, 6.07) is 5.74. The highest BCUT2D eigenvalue weighted by molar-refractivity contribution is 7.92. The minimum absolute atomic E-state index is 0.199. The molecule has 2 aromatic rings. The number of halogens is 3. The third kappa shape index (κ3) is 3.25. The molecule has 0 amide bonds. The van der Waals surface area contributed by atoms with E-state index in [0.29, 0.717) is 16.7 Å². The second-order valence-electron chi connectivity index (χ2n) is 4.37. The molecule has 0 radical (unpaired) electrons. The third-order valence-electron chi connectivity index (χ3n) is 2.78. The Labute approximate surface area is 125 Å². The summed E-state index contributed by atoms with van der Waals surface area (Å²) in [5.41, 5.74) is 5.61. The van der Waals surface area contributed by atoms with Crippen molar-refractivity contribution in [1.82, 2.24) is 0 Å². The molecule has 0 aromatic heterocycles. The summed E-state index contributed by atoms with van der Waals surface area (Å²) >= 11 is 5.79. The molecule has 0 fully saturated rings. The fraction of sp³-hybridized carbons (Fsp3) is 0.0769. The second-order valence-corrected chi connectivity index (χ2v) is 6.46. The van der Waals surface area contributed by atoms with E-state index in [0.717, 1.165) is 6.07 Å². The number of hydrogen-bond acceptors (Lipinski definition) is 3. The summed E-state index contributed by atoms with van der Waals surface area (Å²) in [5.74, 6) is -2.25. The number of anilines is 2. The maximum Gasteiger partial charge on any atom is 0.264 e. The van der Waals surface area contributed by atoms with Gasteiger partial charge in [0.05, 0.1) is 11.4 Å². The quantitative estimate of drug-likeness (QED) is 0.847. The number of nitrogens with two attached hydrogens (primary N) is 1. The van der Waals surface area contributed by atoms with E-state index in [4.69, 9.17) is 17.3 Å². The maximum absolute atomic E-state index is 13.7. The van der Waals surface area contributed by atoms with Crippen molar-refractivity contribution >= 4 is 33.0 Å². The van der Waals surface area contributed by atoms with E-state index >= 15 is 0 Å². The molecule has 21 heavy (non-hydrogen) atoms. The van der Waals surface area contributed by atoms with Crippen molar-refractivity contribution in [3.8, 4) is 0 Å². The molecule has 2 aromatic carbocycles. The van der Waals surface area contributed by atoms with E-state index < -0.39 is 32.2 Å². The number of nitrogen functional groups attached to an aromatic ring is 1. The molecule has 0 aliphatic heterocycles. The average molecular weight is 333 g/mol. The highest BCUT2D eigenvalue weighted by atomic mass is 35.5. The number of rotatable bonds is 3. The first-order valence-corrected chi connectivity index (χ1v) is 7.60. The van der Waals surface area contributed by atoms with Crippen LogP contribution in [-0.2, 0) is 10.0 Å². The van der Waals surface area contributed by atoms with Crippen LogP contribution in [0.4, 0.5) is 20.2 Å². The van der Waals surface area contributed by atoms with Gasteiger partial charge in [-0.05, 0) is 30.7 Å². The Morgan fingerprint density at radius 3 is 2.48 bits per heavy atom. The Morgan fingerprint density at radius 1 is 1.14 bits per heavy atom. The monoisotopic (exact) mass is 332 g/mol. The first-order chi connectivity index (χ1) is 9.70. The maximum atomic E-state index is 13.7. The number of nitrogens with one attached hydrogen (secondary N) is 1. The van der Waals surface area contributed by atoms with E-state index in [1.807, 2.05) is 0 Å². The van der Waals surface area contributed by atoms with E-state index in [1.54, 1.807) is 19.1 Å². The Bertz CT molecular complexity index is 810. The van der Waals surface area contributed by atoms with Gasteiger partial charge in [-0.25, -0.2) is 17.2 Å². The van der Waals surface area contributed by atoms with Gasteiger partial charge in [-0.15, -0.1) is 0 Å². The van der Waals surface area contributed by atoms with Gasteiger partial charge in [0.15, 0.2) is 0 Å². The Kier molecular flexibility index (Phi) is 4.06. The van der Waals surface area contributed by atoms with Crippen molar-refractivity contribution in [3.63, 3.8) is 0 Å². The molecule has 0 unspecified atom stereocenters. The summed E-state index contributed by atoms with van der Waals surface area (Å²) in [6.45, 7) is 1.66. The van der Waals surface area contributed by atoms with Crippen LogP contribution in [0.1, 0.15) is 5.56 Å². The molecule has 2 rings (SSSR count). The first-order valence-electron chi connectivity index (χ1n) is 5.74. The minimum Gasteiger partial charge on any atom is -0.396 e. The molecular weight excluding hydrogens is 322 g/mol. The first kappa shape index (κ1) is 15.5. The summed E-state index contributed by atoms with van der Waals surface area (Å²) in [5, 5.41) is 0.317. The van der Waals surface area contributed by atoms with Crippen LogP contribution in [0.15, 0.2) is 35.2 Å². The van der Waals surface area contributed by atoms with Gasteiger partial charge in [-0.3, -0.25) is 4.72 Å². The van der Waals surface area contributed by atoms with Crippen LogP contribution >= 0.6 is 11.6 Å². The van der Waals surface area contributed by atoms with Gasteiger partial charge in [0.25, 0.3) is 10.0 Å². The van der Waals surface area contributed by atoms with Gasteiger partial charge in [0.2, 0.25) is 0 Å². The van der Waals surface area contributed by atoms with Gasteiger partial charge in [-0.2, -0.15) is 0 Å². The van der Waals surface area contributed by atoms with Crippen molar-refractivity contribution in [2.75, 3.05) is 10.5 Å². The molecule has 8 heteroatoms. The molecule has 0 aliphatic carbocycles. The number of hydrogen-bond donors (Lipinski definition) is 2. The number of sulfonamides is 1. The highest BCUT2D eigenvalue weighted by Crippen LogP contribution is 2.26. The van der Waals surface area contributed by atoms with E-state index in [-0.39, 0.29) is 5.69 Å². The van der Waals surface area contributed by atoms with Crippen molar-refractivity contribution in [2.24, 2.45) is 0 Å². The summed E-state index contributed by atoms with van der Waals surface area (Å²) in [6.07, 6.45) is 0. The third-order valence-corrected chi connectivity index (χ3v) is 4.40. The Hall–Kier alpha value is -1.86. The predicted molar refractivity (Wildman–Crippen MR) is 77.8 cm³/mol. The van der Waals surface area contributed by atoms with Gasteiger partial charge in [-0.1, -0.05) is 17.7 Å². The van der Waals surface area contributed by atoms with E-state index in [2.05, 4.69) is 4.72 Å². The SMILES string of the molecule is Cc1ccc(Cl)cc1NS(=O)(=O)c1cc(N)c(F)cc1F. The van der Waals surface area contributed by atoms with Crippen LogP contribution in [0.5, 0.6) is 0 Å². The predicted octanol–water partition coefficient (Wildman–Crippen LogP) is 3.31. The average Bonchev–Trinajstić information content (AvgIpc) is 2.37. The lowest BCUT2D eigenvalue weighted by molar-refractivity contribution is 0.553. The van der Waals surface area contributed by atoms with Crippen molar-refractivity contribution < 1.29 is 17.2 Å². The Morgan fingerprint density at radius 2 is 1.81 bits per heavy atom. The van der Waals surface area contributed by atoms with Crippen molar-refractivity contribution in [2.45, 2.75) is 11.8 Å². The lowest BCUT2D eigenvalue weighted by Gasteiger charge is -2.12. The van der Waals surface area contributed by atoms with Crippen LogP contribution in [0, 0.1) is 18.6 Å². The normalized spacial score (nSPS) is 11.4. The topological polar surface area (TPSA) is 72.2 Å². The molecule has 0 heterocycles. The summed E-state index contributed by atoms with van der Waals surface area (Å²) in [7, 11) is -4.25. The standard InChI is InChI=1S/C13H11ClF2N2O2S/c1-7-2-3-8(14)4-12(7)18-21(19,20)13-6-11(17)9(15)5-10(13)16/h2-6,18H,17H2,1H3. The zero-order valence-electron chi connectivity index (χ0n) is 10.8. The van der Waals surface area contributed by atoms with Crippen LogP contribution in [-0.4, -0.2) is 8.42 Å². The fourth-order valence-electron chi connectivity index (χ4n) is 1.65. The molecule has 3 N–H and O–H groups in total. The zero-order chi connectivity index (χ0) is 15.8. The number of benzene rings is 2. The minimum atomic E-state index is -4.25. The Balaban J connectivity index is 2.48. The lowest BCUT2D eigenvalue weighted by atomic mass is 10.2. The molecule has 0 saturated heterocycles. The van der Waals surface area contributed by atoms with Crippen LogP contribution in [0.3, 0.4) is 0 Å². The van der Waals surface area contributed by atoms with E-state index in [1.165, 1.54) is 6.07 Å². The molecular formula is C13H11ClF2N2O2S. The van der Waals surface area contributed by atoms with Crippen molar-refractivity contribution in [1.29, 1.82) is 0 Å². The van der Waals surface area contributed by atoms with Gasteiger partial charge in [0.1, 0.15) is 16.5 Å².